The molecule has 1 saturated heterocycles. The van der Waals surface area contributed by atoms with E-state index in [1.807, 2.05) is 42.6 Å². The Bertz CT molecular complexity index is 1980. The zero-order valence-electron chi connectivity index (χ0n) is 28.8. The number of thiazole rings is 1. The fraction of sp³-hybridized carbons (Fsp3) is 0.361. The third kappa shape index (κ3) is 10.3. The number of anilines is 1. The van der Waals surface area contributed by atoms with E-state index in [0.29, 0.717) is 12.1 Å². The molecule has 1 aliphatic heterocycles. The highest BCUT2D eigenvalue weighted by Crippen LogP contribution is 2.35. The number of aliphatic hydroxyl groups is 1. The number of amides is 2. The molecule has 3 aromatic carbocycles. The van der Waals surface area contributed by atoms with Crippen molar-refractivity contribution in [2.45, 2.75) is 57.3 Å². The van der Waals surface area contributed by atoms with Crippen molar-refractivity contribution in [1.82, 2.24) is 20.5 Å². The smallest absolute Gasteiger partial charge is 0.406 e. The van der Waals surface area contributed by atoms with Crippen molar-refractivity contribution in [3.63, 3.8) is 0 Å². The first-order chi connectivity index (χ1) is 24.6. The van der Waals surface area contributed by atoms with Crippen LogP contribution in [-0.4, -0.2) is 80.1 Å². The average molecular weight is 760 g/mol. The molecule has 1 fully saturated rings. The number of aryl methyl sites for hydroxylation is 1. The zero-order chi connectivity index (χ0) is 37.6. The van der Waals surface area contributed by atoms with Crippen molar-refractivity contribution >= 4 is 38.9 Å². The number of halogens is 3. The number of carbonyl (C=O) groups is 2. The largest absolute Gasteiger partial charge is 0.573 e. The molecule has 52 heavy (non-hydrogen) atoms. The summed E-state index contributed by atoms with van der Waals surface area (Å²) in [5.74, 6) is -1.40. The highest BCUT2D eigenvalue weighted by molar-refractivity contribution is 7.92. The molecule has 1 aliphatic rings. The van der Waals surface area contributed by atoms with E-state index in [9.17, 15) is 36.3 Å². The van der Waals surface area contributed by atoms with E-state index in [-0.39, 0.29) is 54.0 Å². The van der Waals surface area contributed by atoms with Gasteiger partial charge in [0.2, 0.25) is 10.0 Å². The SMILES string of the molecule is Cc1csc([C@H]2CCCN2C(=O)c2cc(C(=O)N[C@@H](Cc3ccccc3)[C@@H](O)CNCc3cccc(OC(F)(F)F)c3)cc(N(C)S(C)(=O)=O)c2)n1. The first kappa shape index (κ1) is 38.7. The third-order valence-corrected chi connectivity index (χ3v) is 10.9. The first-order valence-electron chi connectivity index (χ1n) is 16.5. The summed E-state index contributed by atoms with van der Waals surface area (Å²) >= 11 is 1.47. The van der Waals surface area contributed by atoms with Crippen LogP contribution in [0.1, 0.15) is 61.4 Å². The van der Waals surface area contributed by atoms with E-state index in [1.165, 1.54) is 54.8 Å². The summed E-state index contributed by atoms with van der Waals surface area (Å²) in [6.07, 6.45) is -3.31. The van der Waals surface area contributed by atoms with E-state index in [0.717, 1.165) is 39.7 Å². The summed E-state index contributed by atoms with van der Waals surface area (Å²) < 4.78 is 68.2. The second-order valence-electron chi connectivity index (χ2n) is 12.6. The molecule has 278 valence electrons. The lowest BCUT2D eigenvalue weighted by Crippen LogP contribution is -2.48. The number of nitrogens with zero attached hydrogens (tertiary/aromatic N) is 3. The van der Waals surface area contributed by atoms with Crippen molar-refractivity contribution in [2.75, 3.05) is 30.7 Å². The van der Waals surface area contributed by atoms with Crippen LogP contribution in [0.3, 0.4) is 0 Å². The Morgan fingerprint density at radius 1 is 1.08 bits per heavy atom. The van der Waals surface area contributed by atoms with Gasteiger partial charge < -0.3 is 25.4 Å². The van der Waals surface area contributed by atoms with E-state index in [1.54, 1.807) is 11.0 Å². The van der Waals surface area contributed by atoms with Gasteiger partial charge in [-0.05, 0) is 67.6 Å². The number of hydrogen-bond donors (Lipinski definition) is 3. The molecular formula is C36H40F3N5O6S2. The van der Waals surface area contributed by atoms with Crippen LogP contribution in [0.4, 0.5) is 18.9 Å². The van der Waals surface area contributed by atoms with Crippen molar-refractivity contribution in [3.05, 3.63) is 111 Å². The van der Waals surface area contributed by atoms with Gasteiger partial charge in [0.15, 0.2) is 0 Å². The fourth-order valence-corrected chi connectivity index (χ4v) is 7.39. The summed E-state index contributed by atoms with van der Waals surface area (Å²) in [6.45, 7) is 2.40. The molecule has 0 saturated carbocycles. The number of carbonyl (C=O) groups excluding carboxylic acids is 2. The van der Waals surface area contributed by atoms with Crippen molar-refractivity contribution < 1.29 is 41.0 Å². The van der Waals surface area contributed by atoms with Gasteiger partial charge in [-0.3, -0.25) is 13.9 Å². The highest BCUT2D eigenvalue weighted by Gasteiger charge is 2.34. The van der Waals surface area contributed by atoms with Gasteiger partial charge in [0.25, 0.3) is 11.8 Å². The van der Waals surface area contributed by atoms with Gasteiger partial charge in [0.1, 0.15) is 10.8 Å². The highest BCUT2D eigenvalue weighted by atomic mass is 32.2. The molecule has 0 radical (unpaired) electrons. The molecule has 2 heterocycles. The molecule has 0 aliphatic carbocycles. The number of likely N-dealkylation sites (tertiary alicyclic amines) is 1. The van der Waals surface area contributed by atoms with Gasteiger partial charge in [-0.15, -0.1) is 24.5 Å². The summed E-state index contributed by atoms with van der Waals surface area (Å²) in [5, 5.41) is 19.9. The number of aromatic nitrogens is 1. The molecule has 1 aromatic heterocycles. The topological polar surface area (TPSA) is 141 Å². The molecule has 4 aromatic rings. The van der Waals surface area contributed by atoms with Crippen LogP contribution in [0.25, 0.3) is 0 Å². The van der Waals surface area contributed by atoms with E-state index in [4.69, 9.17) is 0 Å². The Labute approximate surface area is 304 Å². The molecule has 3 atom stereocenters. The van der Waals surface area contributed by atoms with Gasteiger partial charge in [0.05, 0.1) is 30.1 Å². The Morgan fingerprint density at radius 2 is 1.79 bits per heavy atom. The Balaban J connectivity index is 1.38. The molecule has 5 rings (SSSR count). The Hall–Kier alpha value is -4.51. The number of alkyl halides is 3. The van der Waals surface area contributed by atoms with Gasteiger partial charge in [-0.1, -0.05) is 42.5 Å². The molecule has 2 amide bonds. The maximum atomic E-state index is 14.0. The van der Waals surface area contributed by atoms with Gasteiger partial charge >= 0.3 is 6.36 Å². The fourth-order valence-electron chi connectivity index (χ4n) is 5.96. The predicted molar refractivity (Wildman–Crippen MR) is 192 cm³/mol. The Kier molecular flexibility index (Phi) is 12.2. The van der Waals surface area contributed by atoms with Crippen LogP contribution in [0, 0.1) is 6.92 Å². The van der Waals surface area contributed by atoms with E-state index >= 15 is 0 Å². The molecule has 0 spiro atoms. The van der Waals surface area contributed by atoms with E-state index < -0.39 is 34.4 Å². The lowest BCUT2D eigenvalue weighted by Gasteiger charge is -2.26. The number of rotatable bonds is 14. The predicted octanol–water partition coefficient (Wildman–Crippen LogP) is 5.22. The minimum absolute atomic E-state index is 0.0110. The summed E-state index contributed by atoms with van der Waals surface area (Å²) in [7, 11) is -2.45. The van der Waals surface area contributed by atoms with E-state index in [2.05, 4.69) is 20.4 Å². The monoisotopic (exact) mass is 759 g/mol. The summed E-state index contributed by atoms with van der Waals surface area (Å²) in [5.41, 5.74) is 2.38. The maximum Gasteiger partial charge on any atom is 0.573 e. The van der Waals surface area contributed by atoms with Crippen LogP contribution >= 0.6 is 11.3 Å². The number of benzene rings is 3. The normalized spacial score (nSPS) is 16.0. The first-order valence-corrected chi connectivity index (χ1v) is 19.2. The van der Waals surface area contributed by atoms with Crippen LogP contribution in [0.5, 0.6) is 5.75 Å². The van der Waals surface area contributed by atoms with Gasteiger partial charge in [-0.25, -0.2) is 13.4 Å². The summed E-state index contributed by atoms with van der Waals surface area (Å²) in [6, 6.07) is 17.7. The molecule has 0 bridgehead atoms. The molecule has 16 heteroatoms. The third-order valence-electron chi connectivity index (χ3n) is 8.62. The van der Waals surface area contributed by atoms with Crippen molar-refractivity contribution in [3.8, 4) is 5.75 Å². The Morgan fingerprint density at radius 3 is 2.46 bits per heavy atom. The van der Waals surface area contributed by atoms with Crippen LogP contribution < -0.4 is 19.7 Å². The average Bonchev–Trinajstić information content (AvgIpc) is 3.75. The number of nitrogens with one attached hydrogen (secondary N) is 2. The van der Waals surface area contributed by atoms with Crippen molar-refractivity contribution in [1.29, 1.82) is 0 Å². The second-order valence-corrected chi connectivity index (χ2v) is 15.5. The quantitative estimate of drug-likeness (QED) is 0.159. The standard InChI is InChI=1S/C36H40F3N5O6S2/c1-23-22-51-34(41-23)31-13-8-14-44(31)35(47)27-17-26(18-28(19-27)43(2)52(3,48)49)33(46)42-30(16-24-9-5-4-6-10-24)32(45)21-40-20-25-11-7-12-29(15-25)50-36(37,38)39/h4-7,9-12,15,17-19,22,30-32,40,45H,8,13-14,16,20-21H2,1-3H3,(H,42,46)/t30-,31+,32-/m0/s1. The lowest BCUT2D eigenvalue weighted by molar-refractivity contribution is -0.274. The van der Waals surface area contributed by atoms with Gasteiger partial charge in [-0.2, -0.15) is 0 Å². The summed E-state index contributed by atoms with van der Waals surface area (Å²) in [4.78, 5) is 34.3. The molecule has 3 N–H and O–H groups in total. The minimum atomic E-state index is -4.84. The van der Waals surface area contributed by atoms with Gasteiger partial charge in [0, 0.05) is 48.9 Å². The molecule has 0 unspecified atom stereocenters. The number of ether oxygens (including phenoxy) is 1. The van der Waals surface area contributed by atoms with Crippen molar-refractivity contribution in [2.24, 2.45) is 0 Å². The molecular weight excluding hydrogens is 720 g/mol. The number of sulfonamides is 1. The maximum absolute atomic E-state index is 14.0. The number of aliphatic hydroxyl groups excluding tert-OH is 1. The van der Waals surface area contributed by atoms with Crippen LogP contribution in [0.15, 0.2) is 78.2 Å². The number of hydrogen-bond acceptors (Lipinski definition) is 9. The van der Waals surface area contributed by atoms with Crippen LogP contribution in [0.2, 0.25) is 0 Å². The zero-order valence-corrected chi connectivity index (χ0v) is 30.4. The minimum Gasteiger partial charge on any atom is -0.406 e. The second kappa shape index (κ2) is 16.4. The lowest BCUT2D eigenvalue weighted by atomic mass is 10.00. The molecule has 11 nitrogen and oxygen atoms in total. The van der Waals surface area contributed by atoms with Crippen LogP contribution in [-0.2, 0) is 23.0 Å².